The van der Waals surface area contributed by atoms with Crippen molar-refractivity contribution in [1.29, 1.82) is 0 Å². The lowest BCUT2D eigenvalue weighted by atomic mass is 10.00. The molecule has 1 aliphatic rings. The number of aromatic nitrogens is 1. The van der Waals surface area contributed by atoms with Gasteiger partial charge in [-0.3, -0.25) is 4.79 Å². The molecule has 0 aliphatic carbocycles. The first-order chi connectivity index (χ1) is 10.2. The molecule has 0 bridgehead atoms. The molecule has 1 N–H and O–H groups in total. The van der Waals surface area contributed by atoms with Crippen molar-refractivity contribution in [3.63, 3.8) is 0 Å². The van der Waals surface area contributed by atoms with E-state index in [9.17, 15) is 9.18 Å². The van der Waals surface area contributed by atoms with Gasteiger partial charge in [0.2, 0.25) is 0 Å². The summed E-state index contributed by atoms with van der Waals surface area (Å²) < 4.78 is 18.8. The zero-order valence-corrected chi connectivity index (χ0v) is 11.2. The van der Waals surface area contributed by atoms with Crippen LogP contribution < -0.4 is 4.74 Å². The standard InChI is InChI=1S/C17H12FNO2/c18-12-2-3-15-13(8-12)14(9-19-15)17(20)11-1-4-16-10(7-11)5-6-21-16/h1-4,7-9,19H,5-6H2. The third-order valence-corrected chi connectivity index (χ3v) is 3.84. The summed E-state index contributed by atoms with van der Waals surface area (Å²) in [6, 6.07) is 9.84. The Labute approximate surface area is 120 Å². The molecule has 0 atom stereocenters. The number of carbonyl (C=O) groups is 1. The van der Waals surface area contributed by atoms with Crippen molar-refractivity contribution in [2.24, 2.45) is 0 Å². The van der Waals surface area contributed by atoms with Crippen LogP contribution in [-0.4, -0.2) is 17.4 Å². The van der Waals surface area contributed by atoms with Gasteiger partial charge in [0.25, 0.3) is 0 Å². The monoisotopic (exact) mass is 281 g/mol. The summed E-state index contributed by atoms with van der Waals surface area (Å²) in [5.74, 6) is 0.386. The molecular weight excluding hydrogens is 269 g/mol. The number of H-pyrrole nitrogens is 1. The maximum atomic E-state index is 13.4. The van der Waals surface area contributed by atoms with Gasteiger partial charge in [-0.05, 0) is 42.0 Å². The number of ether oxygens (including phenoxy) is 1. The normalized spacial score (nSPS) is 13.2. The lowest BCUT2D eigenvalue weighted by Gasteiger charge is -2.03. The van der Waals surface area contributed by atoms with E-state index in [1.54, 1.807) is 18.3 Å². The summed E-state index contributed by atoms with van der Waals surface area (Å²) in [6.07, 6.45) is 2.45. The van der Waals surface area contributed by atoms with Gasteiger partial charge in [-0.15, -0.1) is 0 Å². The Balaban J connectivity index is 1.81. The number of halogens is 1. The largest absolute Gasteiger partial charge is 0.493 e. The Morgan fingerprint density at radius 1 is 1.19 bits per heavy atom. The molecule has 1 aromatic heterocycles. The molecule has 0 saturated carbocycles. The minimum Gasteiger partial charge on any atom is -0.493 e. The molecule has 0 unspecified atom stereocenters. The second kappa shape index (κ2) is 4.45. The van der Waals surface area contributed by atoms with Gasteiger partial charge in [-0.2, -0.15) is 0 Å². The fraction of sp³-hybridized carbons (Fsp3) is 0.118. The minimum atomic E-state index is -0.349. The molecule has 0 spiro atoms. The SMILES string of the molecule is O=C(c1ccc2c(c1)CCO2)c1c[nH]c2ccc(F)cc12. The molecule has 3 nitrogen and oxygen atoms in total. The van der Waals surface area contributed by atoms with E-state index in [0.29, 0.717) is 23.1 Å². The third kappa shape index (κ3) is 1.91. The second-order valence-electron chi connectivity index (χ2n) is 5.14. The molecule has 104 valence electrons. The highest BCUT2D eigenvalue weighted by Crippen LogP contribution is 2.28. The first kappa shape index (κ1) is 12.1. The van der Waals surface area contributed by atoms with Crippen molar-refractivity contribution in [3.8, 4) is 5.75 Å². The van der Waals surface area contributed by atoms with Crippen molar-refractivity contribution in [2.45, 2.75) is 6.42 Å². The van der Waals surface area contributed by atoms with Crippen molar-refractivity contribution in [2.75, 3.05) is 6.61 Å². The molecule has 3 aromatic rings. The fourth-order valence-electron chi connectivity index (χ4n) is 2.76. The average molecular weight is 281 g/mol. The van der Waals surface area contributed by atoms with Crippen molar-refractivity contribution in [3.05, 3.63) is 65.1 Å². The van der Waals surface area contributed by atoms with E-state index in [0.717, 1.165) is 23.3 Å². The van der Waals surface area contributed by atoms with Crippen molar-refractivity contribution >= 4 is 16.7 Å². The third-order valence-electron chi connectivity index (χ3n) is 3.84. The Bertz CT molecular complexity index is 866. The lowest BCUT2D eigenvalue weighted by Crippen LogP contribution is -2.01. The van der Waals surface area contributed by atoms with E-state index in [1.165, 1.54) is 12.1 Å². The Hall–Kier alpha value is -2.62. The van der Waals surface area contributed by atoms with E-state index < -0.39 is 0 Å². The lowest BCUT2D eigenvalue weighted by molar-refractivity contribution is 0.104. The summed E-state index contributed by atoms with van der Waals surface area (Å²) >= 11 is 0. The van der Waals surface area contributed by atoms with E-state index in [4.69, 9.17) is 4.74 Å². The maximum absolute atomic E-state index is 13.4. The number of rotatable bonds is 2. The van der Waals surface area contributed by atoms with Crippen LogP contribution in [0.15, 0.2) is 42.6 Å². The number of ketones is 1. The van der Waals surface area contributed by atoms with Gasteiger partial charge < -0.3 is 9.72 Å². The maximum Gasteiger partial charge on any atom is 0.195 e. The molecule has 4 rings (SSSR count). The molecule has 4 heteroatoms. The van der Waals surface area contributed by atoms with Gasteiger partial charge in [-0.25, -0.2) is 4.39 Å². The number of hydrogen-bond donors (Lipinski definition) is 1. The van der Waals surface area contributed by atoms with Crippen LogP contribution in [0.25, 0.3) is 10.9 Å². The molecule has 1 aliphatic heterocycles. The first-order valence-electron chi connectivity index (χ1n) is 6.79. The van der Waals surface area contributed by atoms with Gasteiger partial charge >= 0.3 is 0 Å². The molecule has 2 heterocycles. The van der Waals surface area contributed by atoms with Gasteiger partial charge in [0.15, 0.2) is 5.78 Å². The zero-order chi connectivity index (χ0) is 14.4. The summed E-state index contributed by atoms with van der Waals surface area (Å²) in [4.78, 5) is 15.7. The number of fused-ring (bicyclic) bond motifs is 2. The topological polar surface area (TPSA) is 42.1 Å². The number of benzene rings is 2. The van der Waals surface area contributed by atoms with Crippen LogP contribution in [0, 0.1) is 5.82 Å². The van der Waals surface area contributed by atoms with Crippen molar-refractivity contribution < 1.29 is 13.9 Å². The summed E-state index contributed by atoms with van der Waals surface area (Å²) in [6.45, 7) is 0.658. The van der Waals surface area contributed by atoms with Crippen LogP contribution in [0.3, 0.4) is 0 Å². The van der Waals surface area contributed by atoms with E-state index in [1.807, 2.05) is 12.1 Å². The highest BCUT2D eigenvalue weighted by atomic mass is 19.1. The van der Waals surface area contributed by atoms with E-state index >= 15 is 0 Å². The Morgan fingerprint density at radius 3 is 3.00 bits per heavy atom. The van der Waals surface area contributed by atoms with E-state index in [-0.39, 0.29) is 11.6 Å². The molecule has 0 radical (unpaired) electrons. The molecule has 0 saturated heterocycles. The molecule has 0 amide bonds. The second-order valence-corrected chi connectivity index (χ2v) is 5.14. The highest BCUT2D eigenvalue weighted by molar-refractivity contribution is 6.16. The highest BCUT2D eigenvalue weighted by Gasteiger charge is 2.18. The van der Waals surface area contributed by atoms with Crippen LogP contribution >= 0.6 is 0 Å². The summed E-state index contributed by atoms with van der Waals surface area (Å²) in [5, 5.41) is 0.608. The molecule has 0 fully saturated rings. The fourth-order valence-corrected chi connectivity index (χ4v) is 2.76. The van der Waals surface area contributed by atoms with Crippen LogP contribution in [-0.2, 0) is 6.42 Å². The predicted octanol–water partition coefficient (Wildman–Crippen LogP) is 3.47. The van der Waals surface area contributed by atoms with Crippen LogP contribution in [0.4, 0.5) is 4.39 Å². The number of carbonyl (C=O) groups excluding carboxylic acids is 1. The smallest absolute Gasteiger partial charge is 0.195 e. The Kier molecular flexibility index (Phi) is 2.57. The quantitative estimate of drug-likeness (QED) is 0.731. The number of hydrogen-bond acceptors (Lipinski definition) is 2. The predicted molar refractivity (Wildman–Crippen MR) is 77.3 cm³/mol. The van der Waals surface area contributed by atoms with Gasteiger partial charge in [0.05, 0.1) is 6.61 Å². The summed E-state index contributed by atoms with van der Waals surface area (Å²) in [5.41, 5.74) is 2.89. The van der Waals surface area contributed by atoms with Crippen LogP contribution in [0.2, 0.25) is 0 Å². The number of nitrogens with one attached hydrogen (secondary N) is 1. The Morgan fingerprint density at radius 2 is 2.10 bits per heavy atom. The average Bonchev–Trinajstić information content (AvgIpc) is 3.11. The van der Waals surface area contributed by atoms with E-state index in [2.05, 4.69) is 4.98 Å². The van der Waals surface area contributed by atoms with Crippen LogP contribution in [0.5, 0.6) is 5.75 Å². The van der Waals surface area contributed by atoms with Gasteiger partial charge in [-0.1, -0.05) is 0 Å². The van der Waals surface area contributed by atoms with Crippen molar-refractivity contribution in [1.82, 2.24) is 4.98 Å². The first-order valence-corrected chi connectivity index (χ1v) is 6.79. The minimum absolute atomic E-state index is 0.110. The van der Waals surface area contributed by atoms with Crippen LogP contribution in [0.1, 0.15) is 21.5 Å². The zero-order valence-electron chi connectivity index (χ0n) is 11.2. The molecule has 21 heavy (non-hydrogen) atoms. The van der Waals surface area contributed by atoms with Gasteiger partial charge in [0.1, 0.15) is 11.6 Å². The molecular formula is C17H12FNO2. The van der Waals surface area contributed by atoms with Gasteiger partial charge in [0, 0.05) is 34.6 Å². The number of aromatic amines is 1. The molecule has 2 aromatic carbocycles. The summed E-state index contributed by atoms with van der Waals surface area (Å²) in [7, 11) is 0.